The van der Waals surface area contributed by atoms with Crippen molar-refractivity contribution in [2.24, 2.45) is 0 Å². The lowest BCUT2D eigenvalue weighted by atomic mass is 10.1. The molecule has 0 radical (unpaired) electrons. The zero-order valence-corrected chi connectivity index (χ0v) is 9.93. The predicted octanol–water partition coefficient (Wildman–Crippen LogP) is 1.89. The van der Waals surface area contributed by atoms with Gasteiger partial charge in [-0.05, 0) is 36.8 Å². The summed E-state index contributed by atoms with van der Waals surface area (Å²) in [5.41, 5.74) is 6.92. The summed E-state index contributed by atoms with van der Waals surface area (Å²) < 4.78 is 0. The summed E-state index contributed by atoms with van der Waals surface area (Å²) in [4.78, 5) is 11.9. The lowest BCUT2D eigenvalue weighted by Crippen LogP contribution is -2.38. The number of amides is 1. The molecule has 4 heteroatoms. The molecular weight excluding hydrogens is 220 g/mol. The summed E-state index contributed by atoms with van der Waals surface area (Å²) >= 11 is 1.90. The number of carbonyl (C=O) groups is 1. The molecular formula is C12H16N2OS. The zero-order chi connectivity index (χ0) is 11.4. The van der Waals surface area contributed by atoms with Crippen LogP contribution in [0.15, 0.2) is 24.3 Å². The molecule has 1 aromatic carbocycles. The molecule has 1 fully saturated rings. The minimum absolute atomic E-state index is 0.0141. The number of thioether (sulfide) groups is 1. The molecule has 1 aliphatic heterocycles. The number of carbonyl (C=O) groups excluding carboxylic acids is 1. The Kier molecular flexibility index (Phi) is 3.72. The van der Waals surface area contributed by atoms with Gasteiger partial charge in [0.05, 0.1) is 0 Å². The number of hydrogen-bond acceptors (Lipinski definition) is 3. The van der Waals surface area contributed by atoms with Crippen molar-refractivity contribution in [3.8, 4) is 0 Å². The molecule has 3 N–H and O–H groups in total. The van der Waals surface area contributed by atoms with Gasteiger partial charge in [-0.1, -0.05) is 6.07 Å². The Bertz CT molecular complexity index is 375. The standard InChI is InChI=1S/C12H16N2OS/c13-10-4-1-3-9(7-10)12(15)14-11-5-2-6-16-8-11/h1,3-4,7,11H,2,5-6,8,13H2,(H,14,15). The Morgan fingerprint density at radius 1 is 1.50 bits per heavy atom. The zero-order valence-electron chi connectivity index (χ0n) is 9.11. The summed E-state index contributed by atoms with van der Waals surface area (Å²) in [7, 11) is 0. The first kappa shape index (κ1) is 11.3. The van der Waals surface area contributed by atoms with Crippen LogP contribution in [0.1, 0.15) is 23.2 Å². The van der Waals surface area contributed by atoms with E-state index in [4.69, 9.17) is 5.73 Å². The number of nitrogens with two attached hydrogens (primary N) is 1. The molecule has 0 bridgehead atoms. The van der Waals surface area contributed by atoms with Gasteiger partial charge >= 0.3 is 0 Å². The highest BCUT2D eigenvalue weighted by atomic mass is 32.2. The molecule has 0 spiro atoms. The topological polar surface area (TPSA) is 55.1 Å². The lowest BCUT2D eigenvalue weighted by molar-refractivity contribution is 0.0938. The largest absolute Gasteiger partial charge is 0.399 e. The minimum Gasteiger partial charge on any atom is -0.399 e. The third-order valence-electron chi connectivity index (χ3n) is 2.64. The first-order chi connectivity index (χ1) is 7.75. The van der Waals surface area contributed by atoms with Crippen LogP contribution in [0.25, 0.3) is 0 Å². The fourth-order valence-corrected chi connectivity index (χ4v) is 2.88. The van der Waals surface area contributed by atoms with Gasteiger partial charge in [0.25, 0.3) is 5.91 Å². The molecule has 3 nitrogen and oxygen atoms in total. The third-order valence-corrected chi connectivity index (χ3v) is 3.86. The van der Waals surface area contributed by atoms with Crippen molar-refractivity contribution in [2.75, 3.05) is 17.2 Å². The fraction of sp³-hybridized carbons (Fsp3) is 0.417. The molecule has 1 heterocycles. The molecule has 2 rings (SSSR count). The second-order valence-electron chi connectivity index (χ2n) is 4.01. The van der Waals surface area contributed by atoms with Crippen LogP contribution >= 0.6 is 11.8 Å². The third kappa shape index (κ3) is 2.92. The Labute approximate surface area is 99.8 Å². The van der Waals surface area contributed by atoms with Crippen LogP contribution in [0.2, 0.25) is 0 Å². The Morgan fingerprint density at radius 3 is 3.06 bits per heavy atom. The Hall–Kier alpha value is -1.16. The smallest absolute Gasteiger partial charge is 0.251 e. The van der Waals surface area contributed by atoms with Gasteiger partial charge in [-0.2, -0.15) is 11.8 Å². The average Bonchev–Trinajstić information content (AvgIpc) is 2.30. The molecule has 1 amide bonds. The molecule has 1 aliphatic rings. The van der Waals surface area contributed by atoms with E-state index in [0.717, 1.165) is 12.2 Å². The van der Waals surface area contributed by atoms with Crippen LogP contribution in [0.3, 0.4) is 0 Å². The quantitative estimate of drug-likeness (QED) is 0.771. The van der Waals surface area contributed by atoms with Crippen molar-refractivity contribution in [2.45, 2.75) is 18.9 Å². The molecule has 0 aromatic heterocycles. The average molecular weight is 236 g/mol. The summed E-state index contributed by atoms with van der Waals surface area (Å²) in [5.74, 6) is 2.22. The van der Waals surface area contributed by atoms with Gasteiger partial charge in [0.15, 0.2) is 0 Å². The monoisotopic (exact) mass is 236 g/mol. The van der Waals surface area contributed by atoms with Crippen LogP contribution in [-0.4, -0.2) is 23.5 Å². The van der Waals surface area contributed by atoms with Crippen LogP contribution in [0.4, 0.5) is 5.69 Å². The SMILES string of the molecule is Nc1cccc(C(=O)NC2CCCSC2)c1. The highest BCUT2D eigenvalue weighted by Crippen LogP contribution is 2.17. The van der Waals surface area contributed by atoms with Crippen molar-refractivity contribution in [1.29, 1.82) is 0 Å². The van der Waals surface area contributed by atoms with E-state index < -0.39 is 0 Å². The van der Waals surface area contributed by atoms with E-state index in [-0.39, 0.29) is 5.91 Å². The van der Waals surface area contributed by atoms with E-state index in [2.05, 4.69) is 5.32 Å². The van der Waals surface area contributed by atoms with E-state index in [1.807, 2.05) is 11.8 Å². The molecule has 1 saturated heterocycles. The molecule has 0 aliphatic carbocycles. The van der Waals surface area contributed by atoms with Crippen molar-refractivity contribution in [1.82, 2.24) is 5.32 Å². The summed E-state index contributed by atoms with van der Waals surface area (Å²) in [6, 6.07) is 7.41. The second kappa shape index (κ2) is 5.25. The van der Waals surface area contributed by atoms with Gasteiger partial charge in [0.1, 0.15) is 0 Å². The molecule has 1 unspecified atom stereocenters. The number of anilines is 1. The number of hydrogen-bond donors (Lipinski definition) is 2. The molecule has 86 valence electrons. The van der Waals surface area contributed by atoms with Gasteiger partial charge in [-0.15, -0.1) is 0 Å². The summed E-state index contributed by atoms with van der Waals surface area (Å²) in [6.07, 6.45) is 2.27. The van der Waals surface area contributed by atoms with Crippen LogP contribution in [0.5, 0.6) is 0 Å². The molecule has 1 atom stereocenters. The maximum Gasteiger partial charge on any atom is 0.251 e. The van der Waals surface area contributed by atoms with Crippen LogP contribution in [0, 0.1) is 0 Å². The van der Waals surface area contributed by atoms with Crippen molar-refractivity contribution < 1.29 is 4.79 Å². The van der Waals surface area contributed by atoms with Gasteiger partial charge < -0.3 is 11.1 Å². The van der Waals surface area contributed by atoms with Crippen LogP contribution in [-0.2, 0) is 0 Å². The van der Waals surface area contributed by atoms with Gasteiger partial charge in [0, 0.05) is 23.0 Å². The first-order valence-electron chi connectivity index (χ1n) is 5.50. The normalized spacial score (nSPS) is 20.4. The van der Waals surface area contributed by atoms with E-state index in [0.29, 0.717) is 17.3 Å². The minimum atomic E-state index is -0.0141. The van der Waals surface area contributed by atoms with Gasteiger partial charge in [-0.3, -0.25) is 4.79 Å². The number of benzene rings is 1. The van der Waals surface area contributed by atoms with Crippen molar-refractivity contribution in [3.63, 3.8) is 0 Å². The van der Waals surface area contributed by atoms with Crippen LogP contribution < -0.4 is 11.1 Å². The lowest BCUT2D eigenvalue weighted by Gasteiger charge is -2.22. The van der Waals surface area contributed by atoms with Gasteiger partial charge in [0.2, 0.25) is 0 Å². The first-order valence-corrected chi connectivity index (χ1v) is 6.65. The Morgan fingerprint density at radius 2 is 2.38 bits per heavy atom. The Balaban J connectivity index is 1.97. The van der Waals surface area contributed by atoms with Crippen molar-refractivity contribution >= 4 is 23.4 Å². The number of rotatable bonds is 2. The molecule has 1 aromatic rings. The molecule has 16 heavy (non-hydrogen) atoms. The second-order valence-corrected chi connectivity index (χ2v) is 5.16. The highest BCUT2D eigenvalue weighted by molar-refractivity contribution is 7.99. The highest BCUT2D eigenvalue weighted by Gasteiger charge is 2.16. The van der Waals surface area contributed by atoms with E-state index in [9.17, 15) is 4.79 Å². The van der Waals surface area contributed by atoms with Crippen molar-refractivity contribution in [3.05, 3.63) is 29.8 Å². The van der Waals surface area contributed by atoms with E-state index >= 15 is 0 Å². The van der Waals surface area contributed by atoms with E-state index in [1.54, 1.807) is 24.3 Å². The number of nitrogens with one attached hydrogen (secondary N) is 1. The summed E-state index contributed by atoms with van der Waals surface area (Å²) in [5, 5.41) is 3.05. The summed E-state index contributed by atoms with van der Waals surface area (Å²) in [6.45, 7) is 0. The van der Waals surface area contributed by atoms with Gasteiger partial charge in [-0.25, -0.2) is 0 Å². The predicted molar refractivity (Wildman–Crippen MR) is 68.7 cm³/mol. The maximum atomic E-state index is 11.9. The van der Waals surface area contributed by atoms with E-state index in [1.165, 1.54) is 12.2 Å². The molecule has 0 saturated carbocycles. The maximum absolute atomic E-state index is 11.9. The fourth-order valence-electron chi connectivity index (χ4n) is 1.80. The number of nitrogen functional groups attached to an aromatic ring is 1.